The molecule has 1 aromatic carbocycles. The fourth-order valence-corrected chi connectivity index (χ4v) is 1.78. The second kappa shape index (κ2) is 7.96. The predicted molar refractivity (Wildman–Crippen MR) is 83.6 cm³/mol. The summed E-state index contributed by atoms with van der Waals surface area (Å²) in [7, 11) is 0. The highest BCUT2D eigenvalue weighted by molar-refractivity contribution is 7.80. The molecular formula is C13H18ClN3OS. The molecule has 1 rings (SSSR count). The van der Waals surface area contributed by atoms with Gasteiger partial charge < -0.3 is 16.0 Å². The number of rotatable bonds is 5. The van der Waals surface area contributed by atoms with Gasteiger partial charge in [-0.15, -0.1) is 0 Å². The smallest absolute Gasteiger partial charge is 0.242 e. The molecule has 0 aliphatic heterocycles. The second-order valence-corrected chi connectivity index (χ2v) is 4.96. The molecule has 3 N–H and O–H groups in total. The summed E-state index contributed by atoms with van der Waals surface area (Å²) in [6.07, 6.45) is 0.909. The summed E-state index contributed by atoms with van der Waals surface area (Å²) in [6, 6.07) is 6.79. The number of hydrogen-bond acceptors (Lipinski definition) is 2. The SMILES string of the molecule is CCCNC(=O)[C@@H](C)NC(=S)Nc1ccc(Cl)cc1. The number of anilines is 1. The molecule has 0 bridgehead atoms. The Morgan fingerprint density at radius 3 is 2.58 bits per heavy atom. The van der Waals surface area contributed by atoms with Crippen molar-refractivity contribution in [1.29, 1.82) is 0 Å². The number of nitrogens with one attached hydrogen (secondary N) is 3. The zero-order valence-electron chi connectivity index (χ0n) is 11.0. The molecule has 0 radical (unpaired) electrons. The highest BCUT2D eigenvalue weighted by atomic mass is 35.5. The third-order valence-corrected chi connectivity index (χ3v) is 2.86. The van der Waals surface area contributed by atoms with Gasteiger partial charge in [0, 0.05) is 17.3 Å². The van der Waals surface area contributed by atoms with E-state index in [-0.39, 0.29) is 11.9 Å². The van der Waals surface area contributed by atoms with E-state index in [1.165, 1.54) is 0 Å². The third-order valence-electron chi connectivity index (χ3n) is 2.39. The molecule has 0 unspecified atom stereocenters. The molecule has 0 aliphatic carbocycles. The Morgan fingerprint density at radius 2 is 2.00 bits per heavy atom. The van der Waals surface area contributed by atoms with Gasteiger partial charge in [0.05, 0.1) is 0 Å². The zero-order chi connectivity index (χ0) is 14.3. The molecule has 0 aliphatic rings. The van der Waals surface area contributed by atoms with Crippen molar-refractivity contribution in [3.05, 3.63) is 29.3 Å². The first kappa shape index (κ1) is 15.7. The van der Waals surface area contributed by atoms with Crippen LogP contribution in [-0.4, -0.2) is 23.6 Å². The second-order valence-electron chi connectivity index (χ2n) is 4.12. The van der Waals surface area contributed by atoms with Crippen molar-refractivity contribution in [2.45, 2.75) is 26.3 Å². The average Bonchev–Trinajstić information content (AvgIpc) is 2.38. The van der Waals surface area contributed by atoms with Crippen molar-refractivity contribution in [2.24, 2.45) is 0 Å². The van der Waals surface area contributed by atoms with Crippen LogP contribution in [0, 0.1) is 0 Å². The van der Waals surface area contributed by atoms with E-state index in [0.29, 0.717) is 16.7 Å². The van der Waals surface area contributed by atoms with Crippen LogP contribution in [-0.2, 0) is 4.79 Å². The molecule has 6 heteroatoms. The Labute approximate surface area is 123 Å². The van der Waals surface area contributed by atoms with E-state index in [9.17, 15) is 4.79 Å². The lowest BCUT2D eigenvalue weighted by atomic mass is 10.3. The van der Waals surface area contributed by atoms with Gasteiger partial charge >= 0.3 is 0 Å². The van der Waals surface area contributed by atoms with Gasteiger partial charge in [0.2, 0.25) is 5.91 Å². The minimum Gasteiger partial charge on any atom is -0.354 e. The summed E-state index contributed by atoms with van der Waals surface area (Å²) in [5, 5.41) is 9.79. The summed E-state index contributed by atoms with van der Waals surface area (Å²) in [4.78, 5) is 11.7. The number of amides is 1. The van der Waals surface area contributed by atoms with Gasteiger partial charge in [0.25, 0.3) is 0 Å². The maximum absolute atomic E-state index is 11.7. The topological polar surface area (TPSA) is 53.2 Å². The molecule has 1 aromatic rings. The molecule has 4 nitrogen and oxygen atoms in total. The predicted octanol–water partition coefficient (Wildman–Crippen LogP) is 2.54. The quantitative estimate of drug-likeness (QED) is 0.732. The number of carbonyl (C=O) groups excluding carboxylic acids is 1. The fourth-order valence-electron chi connectivity index (χ4n) is 1.36. The summed E-state index contributed by atoms with van der Waals surface area (Å²) in [5.41, 5.74) is 0.822. The molecule has 0 spiro atoms. The molecule has 104 valence electrons. The standard InChI is InChI=1S/C13H18ClN3OS/c1-3-8-15-12(18)9(2)16-13(19)17-11-6-4-10(14)5-7-11/h4-7,9H,3,8H2,1-2H3,(H,15,18)(H2,16,17,19)/t9-/m1/s1. The fraction of sp³-hybridized carbons (Fsp3) is 0.385. The molecule has 1 atom stereocenters. The lowest BCUT2D eigenvalue weighted by molar-refractivity contribution is -0.122. The number of hydrogen-bond donors (Lipinski definition) is 3. The Morgan fingerprint density at radius 1 is 1.37 bits per heavy atom. The average molecular weight is 300 g/mol. The largest absolute Gasteiger partial charge is 0.354 e. The molecule has 0 fully saturated rings. The van der Waals surface area contributed by atoms with Crippen molar-refractivity contribution in [2.75, 3.05) is 11.9 Å². The van der Waals surface area contributed by atoms with Gasteiger partial charge in [-0.2, -0.15) is 0 Å². The number of benzene rings is 1. The van der Waals surface area contributed by atoms with E-state index >= 15 is 0 Å². The van der Waals surface area contributed by atoms with Gasteiger partial charge in [-0.25, -0.2) is 0 Å². The molecular weight excluding hydrogens is 282 g/mol. The van der Waals surface area contributed by atoms with E-state index in [2.05, 4.69) is 16.0 Å². The molecule has 19 heavy (non-hydrogen) atoms. The van der Waals surface area contributed by atoms with Crippen molar-refractivity contribution >= 4 is 40.5 Å². The number of halogens is 1. The minimum absolute atomic E-state index is 0.0675. The number of thiocarbonyl (C=S) groups is 1. The highest BCUT2D eigenvalue weighted by Crippen LogP contribution is 2.13. The first-order chi connectivity index (χ1) is 9.02. The summed E-state index contributed by atoms with van der Waals surface area (Å²) in [6.45, 7) is 4.44. The van der Waals surface area contributed by atoms with Gasteiger partial charge in [0.15, 0.2) is 5.11 Å². The Hall–Kier alpha value is -1.33. The Kier molecular flexibility index (Phi) is 6.59. The minimum atomic E-state index is -0.376. The highest BCUT2D eigenvalue weighted by Gasteiger charge is 2.12. The van der Waals surface area contributed by atoms with E-state index in [1.54, 1.807) is 19.1 Å². The molecule has 0 aromatic heterocycles. The van der Waals surface area contributed by atoms with E-state index in [1.807, 2.05) is 19.1 Å². The lowest BCUT2D eigenvalue weighted by Crippen LogP contribution is -2.46. The molecule has 1 amide bonds. The first-order valence-electron chi connectivity index (χ1n) is 6.13. The van der Waals surface area contributed by atoms with E-state index < -0.39 is 0 Å². The van der Waals surface area contributed by atoms with E-state index in [0.717, 1.165) is 12.1 Å². The molecule has 0 heterocycles. The van der Waals surface area contributed by atoms with Crippen LogP contribution in [0.15, 0.2) is 24.3 Å². The Balaban J connectivity index is 2.42. The monoisotopic (exact) mass is 299 g/mol. The van der Waals surface area contributed by atoms with Crippen LogP contribution >= 0.6 is 23.8 Å². The van der Waals surface area contributed by atoms with Crippen molar-refractivity contribution in [1.82, 2.24) is 10.6 Å². The lowest BCUT2D eigenvalue weighted by Gasteiger charge is -2.16. The summed E-state index contributed by atoms with van der Waals surface area (Å²) >= 11 is 10.9. The maximum Gasteiger partial charge on any atom is 0.242 e. The van der Waals surface area contributed by atoms with Crippen LogP contribution in [0.2, 0.25) is 5.02 Å². The van der Waals surface area contributed by atoms with Crippen molar-refractivity contribution in [3.63, 3.8) is 0 Å². The van der Waals surface area contributed by atoms with Crippen LogP contribution in [0.5, 0.6) is 0 Å². The van der Waals surface area contributed by atoms with Gasteiger partial charge in [-0.05, 0) is 49.8 Å². The normalized spacial score (nSPS) is 11.5. The first-order valence-corrected chi connectivity index (χ1v) is 6.92. The van der Waals surface area contributed by atoms with Crippen LogP contribution in [0.1, 0.15) is 20.3 Å². The Bertz CT molecular complexity index is 436. The van der Waals surface area contributed by atoms with Crippen LogP contribution in [0.25, 0.3) is 0 Å². The third kappa shape index (κ3) is 5.89. The summed E-state index contributed by atoms with van der Waals surface area (Å²) in [5.74, 6) is -0.0675. The van der Waals surface area contributed by atoms with Crippen LogP contribution < -0.4 is 16.0 Å². The van der Waals surface area contributed by atoms with Crippen molar-refractivity contribution in [3.8, 4) is 0 Å². The van der Waals surface area contributed by atoms with Gasteiger partial charge in [-0.1, -0.05) is 18.5 Å². The van der Waals surface area contributed by atoms with Gasteiger partial charge in [0.1, 0.15) is 6.04 Å². The molecule has 0 saturated heterocycles. The maximum atomic E-state index is 11.7. The van der Waals surface area contributed by atoms with E-state index in [4.69, 9.17) is 23.8 Å². The van der Waals surface area contributed by atoms with Crippen LogP contribution in [0.3, 0.4) is 0 Å². The molecule has 0 saturated carbocycles. The summed E-state index contributed by atoms with van der Waals surface area (Å²) < 4.78 is 0. The van der Waals surface area contributed by atoms with Crippen LogP contribution in [0.4, 0.5) is 5.69 Å². The zero-order valence-corrected chi connectivity index (χ0v) is 12.6. The van der Waals surface area contributed by atoms with Crippen molar-refractivity contribution < 1.29 is 4.79 Å². The van der Waals surface area contributed by atoms with Gasteiger partial charge in [-0.3, -0.25) is 4.79 Å². The number of carbonyl (C=O) groups is 1.